The van der Waals surface area contributed by atoms with Crippen molar-refractivity contribution in [3.63, 3.8) is 0 Å². The van der Waals surface area contributed by atoms with Gasteiger partial charge in [-0.2, -0.15) is 4.31 Å². The Labute approximate surface area is 173 Å². The molecular formula is C17H23F3N2O6S2. The van der Waals surface area contributed by atoms with E-state index in [1.807, 2.05) is 0 Å². The van der Waals surface area contributed by atoms with Crippen molar-refractivity contribution >= 4 is 25.8 Å². The minimum Gasteiger partial charge on any atom is -0.406 e. The Hall–Kier alpha value is -1.86. The molecule has 1 aromatic rings. The molecular weight excluding hydrogens is 449 g/mol. The van der Waals surface area contributed by atoms with Crippen molar-refractivity contribution in [3.8, 4) is 5.75 Å². The molecule has 30 heavy (non-hydrogen) atoms. The van der Waals surface area contributed by atoms with Gasteiger partial charge in [0.1, 0.15) is 5.75 Å². The van der Waals surface area contributed by atoms with E-state index in [1.165, 1.54) is 13.0 Å². The van der Waals surface area contributed by atoms with E-state index in [1.54, 1.807) is 0 Å². The van der Waals surface area contributed by atoms with Gasteiger partial charge in [0.25, 0.3) is 0 Å². The van der Waals surface area contributed by atoms with Crippen LogP contribution in [0.4, 0.5) is 13.2 Å². The molecule has 0 aliphatic carbocycles. The first kappa shape index (κ1) is 24.4. The van der Waals surface area contributed by atoms with Crippen LogP contribution in [-0.4, -0.2) is 64.6 Å². The Bertz CT molecular complexity index is 956. The van der Waals surface area contributed by atoms with E-state index in [-0.39, 0.29) is 54.8 Å². The molecule has 13 heteroatoms. The van der Waals surface area contributed by atoms with Gasteiger partial charge in [0.05, 0.1) is 10.6 Å². The van der Waals surface area contributed by atoms with E-state index >= 15 is 0 Å². The average molecular weight is 473 g/mol. The number of hydrogen-bond donors (Lipinski definition) is 1. The lowest BCUT2D eigenvalue weighted by Crippen LogP contribution is -2.43. The largest absolute Gasteiger partial charge is 0.573 e. The molecule has 0 atom stereocenters. The maximum atomic E-state index is 12.7. The second kappa shape index (κ2) is 9.52. The zero-order valence-corrected chi connectivity index (χ0v) is 17.8. The van der Waals surface area contributed by atoms with Gasteiger partial charge in [-0.3, -0.25) is 4.79 Å². The van der Waals surface area contributed by atoms with Gasteiger partial charge < -0.3 is 10.1 Å². The minimum atomic E-state index is -4.94. The maximum Gasteiger partial charge on any atom is 0.573 e. The lowest BCUT2D eigenvalue weighted by molar-refractivity contribution is -0.274. The van der Waals surface area contributed by atoms with Gasteiger partial charge in [-0.05, 0) is 25.0 Å². The number of halogens is 3. The highest BCUT2D eigenvalue weighted by atomic mass is 32.2. The van der Waals surface area contributed by atoms with Crippen LogP contribution >= 0.6 is 0 Å². The van der Waals surface area contributed by atoms with Crippen LogP contribution in [0, 0.1) is 5.92 Å². The number of sulfone groups is 1. The summed E-state index contributed by atoms with van der Waals surface area (Å²) in [5.41, 5.74) is 0. The topological polar surface area (TPSA) is 110 Å². The number of rotatable bonds is 8. The first-order valence-electron chi connectivity index (χ1n) is 9.18. The van der Waals surface area contributed by atoms with Crippen molar-refractivity contribution in [2.75, 3.05) is 31.1 Å². The fourth-order valence-electron chi connectivity index (χ4n) is 2.96. The predicted octanol–water partition coefficient (Wildman–Crippen LogP) is 1.54. The first-order chi connectivity index (χ1) is 13.8. The second-order valence-electron chi connectivity index (χ2n) is 6.73. The molecule has 1 N–H and O–H groups in total. The van der Waals surface area contributed by atoms with Gasteiger partial charge in [-0.15, -0.1) is 13.2 Å². The van der Waals surface area contributed by atoms with E-state index in [4.69, 9.17) is 0 Å². The molecule has 1 saturated heterocycles. The summed E-state index contributed by atoms with van der Waals surface area (Å²) in [6.45, 7) is 1.52. The summed E-state index contributed by atoms with van der Waals surface area (Å²) in [6.07, 6.45) is -4.51. The molecule has 0 radical (unpaired) electrons. The Balaban J connectivity index is 1.95. The third kappa shape index (κ3) is 6.84. The van der Waals surface area contributed by atoms with Crippen molar-refractivity contribution in [1.82, 2.24) is 9.62 Å². The lowest BCUT2D eigenvalue weighted by Gasteiger charge is -2.30. The van der Waals surface area contributed by atoms with Crippen LogP contribution in [0.25, 0.3) is 0 Å². The van der Waals surface area contributed by atoms with Crippen LogP contribution in [-0.2, 0) is 24.7 Å². The molecule has 0 spiro atoms. The highest BCUT2D eigenvalue weighted by Gasteiger charge is 2.34. The number of sulfonamides is 1. The lowest BCUT2D eigenvalue weighted by atomic mass is 9.97. The predicted molar refractivity (Wildman–Crippen MR) is 102 cm³/mol. The highest BCUT2D eigenvalue weighted by Crippen LogP contribution is 2.28. The SMILES string of the molecule is CCS(=O)(=O)CCNC(=O)C1CCN(S(=O)(=O)c2cccc(OC(F)(F)F)c2)CC1. The molecule has 1 aliphatic heterocycles. The molecule has 1 heterocycles. The third-order valence-corrected chi connectivity index (χ3v) is 8.25. The zero-order chi connectivity index (χ0) is 22.6. The van der Waals surface area contributed by atoms with Crippen LogP contribution < -0.4 is 10.1 Å². The number of nitrogens with one attached hydrogen (secondary N) is 1. The zero-order valence-electron chi connectivity index (χ0n) is 16.2. The van der Waals surface area contributed by atoms with Gasteiger partial charge in [0, 0.05) is 37.4 Å². The van der Waals surface area contributed by atoms with Crippen molar-refractivity contribution in [2.45, 2.75) is 31.0 Å². The first-order valence-corrected chi connectivity index (χ1v) is 12.4. The van der Waals surface area contributed by atoms with E-state index in [0.717, 1.165) is 22.5 Å². The standard InChI is InChI=1S/C17H23F3N2O6S2/c1-2-29(24,25)11-8-21-16(23)13-6-9-22(10-7-13)30(26,27)15-5-3-4-14(12-15)28-17(18,19)20/h3-5,12-13H,2,6-11H2,1H3,(H,21,23). The van der Waals surface area contributed by atoms with Crippen molar-refractivity contribution in [2.24, 2.45) is 5.92 Å². The summed E-state index contributed by atoms with van der Waals surface area (Å²) in [5.74, 6) is -1.65. The normalized spacial score (nSPS) is 16.9. The molecule has 1 aromatic carbocycles. The Kier molecular flexibility index (Phi) is 7.74. The monoisotopic (exact) mass is 472 g/mol. The van der Waals surface area contributed by atoms with Crippen LogP contribution in [0.15, 0.2) is 29.2 Å². The fraction of sp³-hybridized carbons (Fsp3) is 0.588. The highest BCUT2D eigenvalue weighted by molar-refractivity contribution is 7.91. The Morgan fingerprint density at radius 2 is 1.83 bits per heavy atom. The number of carbonyl (C=O) groups is 1. The summed E-state index contributed by atoms with van der Waals surface area (Å²) >= 11 is 0. The van der Waals surface area contributed by atoms with Crippen LogP contribution in [0.1, 0.15) is 19.8 Å². The van der Waals surface area contributed by atoms with E-state index in [2.05, 4.69) is 10.1 Å². The molecule has 1 amide bonds. The Morgan fingerprint density at radius 1 is 1.20 bits per heavy atom. The molecule has 170 valence electrons. The van der Waals surface area contributed by atoms with Crippen molar-refractivity contribution in [3.05, 3.63) is 24.3 Å². The van der Waals surface area contributed by atoms with Gasteiger partial charge in [0.15, 0.2) is 9.84 Å². The molecule has 0 unspecified atom stereocenters. The van der Waals surface area contributed by atoms with Crippen LogP contribution in [0.2, 0.25) is 0 Å². The van der Waals surface area contributed by atoms with E-state index in [9.17, 15) is 34.8 Å². The number of hydrogen-bond acceptors (Lipinski definition) is 6. The molecule has 2 rings (SSSR count). The van der Waals surface area contributed by atoms with Gasteiger partial charge >= 0.3 is 6.36 Å². The van der Waals surface area contributed by atoms with Gasteiger partial charge in [-0.25, -0.2) is 16.8 Å². The summed E-state index contributed by atoms with van der Waals surface area (Å²) in [7, 11) is -7.26. The second-order valence-corrected chi connectivity index (χ2v) is 11.1. The number of alkyl halides is 3. The third-order valence-electron chi connectivity index (χ3n) is 4.65. The molecule has 0 bridgehead atoms. The van der Waals surface area contributed by atoms with Gasteiger partial charge in [0.2, 0.25) is 15.9 Å². The summed E-state index contributed by atoms with van der Waals surface area (Å²) < 4.78 is 90.3. The van der Waals surface area contributed by atoms with E-state index in [0.29, 0.717) is 0 Å². The average Bonchev–Trinajstić information content (AvgIpc) is 2.67. The number of benzene rings is 1. The van der Waals surface area contributed by atoms with E-state index < -0.39 is 37.9 Å². The fourth-order valence-corrected chi connectivity index (χ4v) is 5.16. The number of ether oxygens (including phenoxy) is 1. The maximum absolute atomic E-state index is 12.7. The molecule has 0 saturated carbocycles. The summed E-state index contributed by atoms with van der Waals surface area (Å²) in [5, 5.41) is 2.55. The molecule has 0 aromatic heterocycles. The van der Waals surface area contributed by atoms with Crippen molar-refractivity contribution < 1.29 is 39.5 Å². The number of carbonyl (C=O) groups excluding carboxylic acids is 1. The van der Waals surface area contributed by atoms with Crippen LogP contribution in [0.5, 0.6) is 5.75 Å². The van der Waals surface area contributed by atoms with Crippen LogP contribution in [0.3, 0.4) is 0 Å². The minimum absolute atomic E-state index is 0.0119. The quantitative estimate of drug-likeness (QED) is 0.615. The number of nitrogens with zero attached hydrogens (tertiary/aromatic N) is 1. The smallest absolute Gasteiger partial charge is 0.406 e. The molecule has 1 fully saturated rings. The summed E-state index contributed by atoms with van der Waals surface area (Å²) in [6, 6.07) is 4.13. The molecule has 8 nitrogen and oxygen atoms in total. The summed E-state index contributed by atoms with van der Waals surface area (Å²) in [4.78, 5) is 11.8. The Morgan fingerprint density at radius 3 is 2.40 bits per heavy atom. The molecule has 1 aliphatic rings. The van der Waals surface area contributed by atoms with Gasteiger partial charge in [-0.1, -0.05) is 13.0 Å². The number of amides is 1. The van der Waals surface area contributed by atoms with Crippen molar-refractivity contribution in [1.29, 1.82) is 0 Å². The number of piperidine rings is 1.